The number of aliphatic hydroxyl groups is 1. The van der Waals surface area contributed by atoms with E-state index in [1.54, 1.807) is 18.2 Å². The van der Waals surface area contributed by atoms with Crippen LogP contribution in [0.25, 0.3) is 5.57 Å². The first kappa shape index (κ1) is 20.9. The molecule has 5 heteroatoms. The van der Waals surface area contributed by atoms with Crippen molar-refractivity contribution in [2.45, 2.75) is 33.3 Å². The molecule has 2 nitrogen and oxygen atoms in total. The van der Waals surface area contributed by atoms with E-state index in [0.29, 0.717) is 10.6 Å². The third kappa shape index (κ3) is 3.67. The second-order valence-corrected chi connectivity index (χ2v) is 8.03. The fourth-order valence-electron chi connectivity index (χ4n) is 3.17. The Balaban J connectivity index is 2.73. The molecular formula is C21H24Cl2FNO. The van der Waals surface area contributed by atoms with Crippen LogP contribution < -0.4 is 5.73 Å². The number of halogens is 3. The van der Waals surface area contributed by atoms with E-state index in [0.717, 1.165) is 16.7 Å². The molecule has 0 amide bonds. The van der Waals surface area contributed by atoms with Gasteiger partial charge in [-0.1, -0.05) is 55.2 Å². The van der Waals surface area contributed by atoms with Gasteiger partial charge >= 0.3 is 0 Å². The lowest BCUT2D eigenvalue weighted by Crippen LogP contribution is -2.47. The lowest BCUT2D eigenvalue weighted by atomic mass is 9.66. The van der Waals surface area contributed by atoms with Gasteiger partial charge in [-0.3, -0.25) is 0 Å². The summed E-state index contributed by atoms with van der Waals surface area (Å²) in [5.74, 6) is -0.528. The highest BCUT2D eigenvalue weighted by Gasteiger charge is 2.46. The highest BCUT2D eigenvalue weighted by Crippen LogP contribution is 2.47. The molecule has 1 atom stereocenters. The molecule has 0 aliphatic heterocycles. The van der Waals surface area contributed by atoms with E-state index in [-0.39, 0.29) is 11.6 Å². The molecule has 0 aromatic heterocycles. The van der Waals surface area contributed by atoms with Crippen molar-refractivity contribution in [1.29, 1.82) is 0 Å². The second-order valence-electron chi connectivity index (χ2n) is 7.18. The van der Waals surface area contributed by atoms with Crippen LogP contribution in [-0.2, 0) is 5.60 Å². The van der Waals surface area contributed by atoms with Crippen LogP contribution >= 0.6 is 23.2 Å². The first-order valence-electron chi connectivity index (χ1n) is 8.36. The van der Waals surface area contributed by atoms with Gasteiger partial charge in [-0.15, -0.1) is 0 Å². The third-order valence-corrected chi connectivity index (χ3v) is 5.75. The Hall–Kier alpha value is -1.39. The predicted octanol–water partition coefficient (Wildman–Crippen LogP) is 5.80. The summed E-state index contributed by atoms with van der Waals surface area (Å²) in [4.78, 5) is 0. The molecule has 0 spiro atoms. The Morgan fingerprint density at radius 3 is 2.15 bits per heavy atom. The average Bonchev–Trinajstić information content (AvgIpc) is 2.62. The molecule has 2 aromatic carbocycles. The molecule has 0 saturated heterocycles. The molecule has 0 heterocycles. The van der Waals surface area contributed by atoms with Gasteiger partial charge in [-0.2, -0.15) is 0 Å². The molecule has 3 N–H and O–H groups in total. The molecule has 2 rings (SSSR count). The van der Waals surface area contributed by atoms with Gasteiger partial charge in [-0.05, 0) is 60.4 Å². The summed E-state index contributed by atoms with van der Waals surface area (Å²) in [6, 6.07) is 11.7. The Kier molecular flexibility index (Phi) is 6.19. The van der Waals surface area contributed by atoms with Crippen molar-refractivity contribution in [2.75, 3.05) is 6.54 Å². The number of hydrogen-bond donors (Lipinski definition) is 2. The summed E-state index contributed by atoms with van der Waals surface area (Å²) in [7, 11) is 0. The van der Waals surface area contributed by atoms with Crippen LogP contribution in [0.1, 0.15) is 38.8 Å². The van der Waals surface area contributed by atoms with E-state index in [2.05, 4.69) is 0 Å². The van der Waals surface area contributed by atoms with Crippen molar-refractivity contribution in [1.82, 2.24) is 0 Å². The molecule has 0 aliphatic carbocycles. The first-order chi connectivity index (χ1) is 12.0. The fraction of sp³-hybridized carbons (Fsp3) is 0.333. The largest absolute Gasteiger partial charge is 0.380 e. The minimum absolute atomic E-state index is 0.0364. The average molecular weight is 396 g/mol. The highest BCUT2D eigenvalue weighted by atomic mass is 35.5. The molecule has 0 bridgehead atoms. The number of rotatable bonds is 5. The minimum atomic E-state index is -1.43. The summed E-state index contributed by atoms with van der Waals surface area (Å²) in [6.07, 6.45) is 0. The van der Waals surface area contributed by atoms with Gasteiger partial charge in [0.2, 0.25) is 0 Å². The monoisotopic (exact) mass is 395 g/mol. The summed E-state index contributed by atoms with van der Waals surface area (Å²) >= 11 is 12.0. The topological polar surface area (TPSA) is 46.2 Å². The Bertz CT molecular complexity index is 830. The Morgan fingerprint density at radius 2 is 1.65 bits per heavy atom. The van der Waals surface area contributed by atoms with Gasteiger partial charge in [0, 0.05) is 17.0 Å². The normalized spacial score (nSPS) is 15.4. The molecule has 0 aliphatic rings. The molecule has 1 unspecified atom stereocenters. The molecular weight excluding hydrogens is 372 g/mol. The molecule has 0 radical (unpaired) electrons. The zero-order valence-electron chi connectivity index (χ0n) is 15.4. The van der Waals surface area contributed by atoms with E-state index in [1.807, 2.05) is 39.8 Å². The Labute approximate surface area is 164 Å². The molecule has 140 valence electrons. The maximum atomic E-state index is 13.7. The SMILES string of the molecule is CC(=C(C)C(O)(c1ccc(F)c(Cl)c1)C(C)(C)CN)c1ccc(Cl)cc1. The predicted molar refractivity (Wildman–Crippen MR) is 108 cm³/mol. The quantitative estimate of drug-likeness (QED) is 0.671. The first-order valence-corrected chi connectivity index (χ1v) is 9.12. The van der Waals surface area contributed by atoms with Gasteiger partial charge in [0.25, 0.3) is 0 Å². The molecule has 0 saturated carbocycles. The summed E-state index contributed by atoms with van der Waals surface area (Å²) in [5.41, 5.74) is 6.90. The fourth-order valence-corrected chi connectivity index (χ4v) is 3.48. The lowest BCUT2D eigenvalue weighted by molar-refractivity contribution is -0.0346. The van der Waals surface area contributed by atoms with Gasteiger partial charge in [-0.25, -0.2) is 4.39 Å². The van der Waals surface area contributed by atoms with Crippen LogP contribution in [0.15, 0.2) is 48.0 Å². The van der Waals surface area contributed by atoms with Gasteiger partial charge in [0.1, 0.15) is 11.4 Å². The van der Waals surface area contributed by atoms with Gasteiger partial charge in [0.15, 0.2) is 0 Å². The Morgan fingerprint density at radius 1 is 1.08 bits per heavy atom. The molecule has 26 heavy (non-hydrogen) atoms. The van der Waals surface area contributed by atoms with E-state index < -0.39 is 16.8 Å². The van der Waals surface area contributed by atoms with E-state index in [4.69, 9.17) is 28.9 Å². The number of nitrogens with two attached hydrogens (primary N) is 1. The van der Waals surface area contributed by atoms with E-state index in [1.165, 1.54) is 12.1 Å². The number of allylic oxidation sites excluding steroid dienone is 1. The van der Waals surface area contributed by atoms with Crippen molar-refractivity contribution in [3.05, 3.63) is 75.0 Å². The van der Waals surface area contributed by atoms with E-state index >= 15 is 0 Å². The standard InChI is InChI=1S/C21H24Cl2FNO/c1-13(15-5-8-17(22)9-6-15)14(2)21(26,20(3,4)12-25)16-7-10-19(24)18(23)11-16/h5-11,26H,12,25H2,1-4H3. The van der Waals surface area contributed by atoms with Crippen LogP contribution in [0.2, 0.25) is 10.0 Å². The number of benzene rings is 2. The van der Waals surface area contributed by atoms with Crippen LogP contribution in [0.5, 0.6) is 0 Å². The van der Waals surface area contributed by atoms with Crippen LogP contribution in [-0.4, -0.2) is 11.7 Å². The van der Waals surface area contributed by atoms with E-state index in [9.17, 15) is 9.50 Å². The maximum absolute atomic E-state index is 13.7. The maximum Gasteiger partial charge on any atom is 0.141 e. The van der Waals surface area contributed by atoms with Crippen molar-refractivity contribution >= 4 is 28.8 Å². The highest BCUT2D eigenvalue weighted by molar-refractivity contribution is 6.31. The van der Waals surface area contributed by atoms with Crippen molar-refractivity contribution in [3.8, 4) is 0 Å². The zero-order valence-corrected chi connectivity index (χ0v) is 16.9. The van der Waals surface area contributed by atoms with Crippen molar-refractivity contribution < 1.29 is 9.50 Å². The zero-order chi connectivity index (χ0) is 19.7. The second kappa shape index (κ2) is 7.69. The summed E-state index contributed by atoms with van der Waals surface area (Å²) < 4.78 is 13.7. The van der Waals surface area contributed by atoms with Crippen molar-refractivity contribution in [3.63, 3.8) is 0 Å². The van der Waals surface area contributed by atoms with Gasteiger partial charge in [0.05, 0.1) is 5.02 Å². The van der Waals surface area contributed by atoms with Crippen LogP contribution in [0, 0.1) is 11.2 Å². The smallest absolute Gasteiger partial charge is 0.141 e. The van der Waals surface area contributed by atoms with Crippen LogP contribution in [0.3, 0.4) is 0 Å². The lowest BCUT2D eigenvalue weighted by Gasteiger charge is -2.44. The number of hydrogen-bond acceptors (Lipinski definition) is 2. The van der Waals surface area contributed by atoms with Gasteiger partial charge < -0.3 is 10.8 Å². The minimum Gasteiger partial charge on any atom is -0.380 e. The summed E-state index contributed by atoms with van der Waals surface area (Å²) in [6.45, 7) is 7.77. The van der Waals surface area contributed by atoms with Crippen molar-refractivity contribution in [2.24, 2.45) is 11.1 Å². The molecule has 0 fully saturated rings. The molecule has 2 aromatic rings. The third-order valence-electron chi connectivity index (χ3n) is 5.21. The van der Waals surface area contributed by atoms with Crippen LogP contribution in [0.4, 0.5) is 4.39 Å². The summed E-state index contributed by atoms with van der Waals surface area (Å²) in [5, 5.41) is 12.4.